The largest absolute Gasteiger partial charge is 0.416 e. The number of nitrogens with one attached hydrogen (secondary N) is 1. The number of anilines is 2. The van der Waals surface area contributed by atoms with Crippen molar-refractivity contribution in [3.05, 3.63) is 47.2 Å². The van der Waals surface area contributed by atoms with E-state index in [0.29, 0.717) is 11.1 Å². The van der Waals surface area contributed by atoms with Crippen molar-refractivity contribution in [2.24, 2.45) is 0 Å². The number of ether oxygens (including phenoxy) is 1. The van der Waals surface area contributed by atoms with Crippen LogP contribution >= 0.6 is 0 Å². The van der Waals surface area contributed by atoms with Gasteiger partial charge >= 0.3 is 18.2 Å². The number of alkyl halides is 3. The van der Waals surface area contributed by atoms with Crippen LogP contribution in [0.1, 0.15) is 40.1 Å². The van der Waals surface area contributed by atoms with Crippen LogP contribution in [0, 0.1) is 0 Å². The molecule has 1 fully saturated rings. The number of methoxy groups -OCH3 is 1. The summed E-state index contributed by atoms with van der Waals surface area (Å²) in [4.78, 5) is 52.0. The smallest absolute Gasteiger partial charge is 0.383 e. The number of amides is 3. The summed E-state index contributed by atoms with van der Waals surface area (Å²) in [5.74, 6) is -2.50. The minimum absolute atomic E-state index is 0.0431. The molecule has 188 valence electrons. The predicted octanol–water partition coefficient (Wildman–Crippen LogP) is 2.25. The quantitative estimate of drug-likeness (QED) is 0.581. The van der Waals surface area contributed by atoms with Gasteiger partial charge in [0.25, 0.3) is 5.91 Å². The number of hydrogen-bond acceptors (Lipinski definition) is 8. The summed E-state index contributed by atoms with van der Waals surface area (Å²) in [6, 6.07) is 3.23. The van der Waals surface area contributed by atoms with E-state index in [4.69, 9.17) is 15.3 Å². The van der Waals surface area contributed by atoms with Gasteiger partial charge in [0.15, 0.2) is 0 Å². The molecule has 35 heavy (non-hydrogen) atoms. The number of carbonyl (C=O) groups is 3. The third-order valence-electron chi connectivity index (χ3n) is 4.87. The van der Waals surface area contributed by atoms with Crippen molar-refractivity contribution in [1.82, 2.24) is 20.3 Å². The van der Waals surface area contributed by atoms with Gasteiger partial charge in [0, 0.05) is 18.9 Å². The summed E-state index contributed by atoms with van der Waals surface area (Å²) in [6.07, 6.45) is -3.64. The van der Waals surface area contributed by atoms with Gasteiger partial charge in [-0.25, -0.2) is 14.6 Å². The number of nitrogen functional groups attached to an aromatic ring is 1. The summed E-state index contributed by atoms with van der Waals surface area (Å²) < 4.78 is 44.0. The number of carbonyl (C=O) groups excluding carboxylic acids is 3. The zero-order valence-electron chi connectivity index (χ0n) is 19.0. The van der Waals surface area contributed by atoms with Crippen LogP contribution in [0.25, 0.3) is 0 Å². The standard InChI is InChI=1S/C21H23F3N6O5/c1-20(2)11-29(19(33)28-20)18-26-10-14(15(25)27-18)17(32)35-30(7-8-34-3)16(31)12-5-4-6-13(9-12)21(22,23)24/h4-6,9-10H,7-8,11H2,1-3H3,(H,28,33)(H2,25,26,27). The van der Waals surface area contributed by atoms with Gasteiger partial charge < -0.3 is 20.6 Å². The van der Waals surface area contributed by atoms with Gasteiger partial charge in [-0.3, -0.25) is 9.69 Å². The van der Waals surface area contributed by atoms with Gasteiger partial charge in [-0.05, 0) is 32.0 Å². The van der Waals surface area contributed by atoms with Crippen molar-refractivity contribution in [2.45, 2.75) is 25.6 Å². The lowest BCUT2D eigenvalue weighted by molar-refractivity contribution is -0.137. The van der Waals surface area contributed by atoms with Crippen LogP contribution in [0.4, 0.5) is 29.7 Å². The van der Waals surface area contributed by atoms with E-state index in [2.05, 4.69) is 15.3 Å². The van der Waals surface area contributed by atoms with Crippen molar-refractivity contribution in [1.29, 1.82) is 0 Å². The number of hydrogen-bond donors (Lipinski definition) is 2. The average Bonchev–Trinajstić information content (AvgIpc) is 3.07. The van der Waals surface area contributed by atoms with Crippen LogP contribution < -0.4 is 16.0 Å². The van der Waals surface area contributed by atoms with Crippen LogP contribution in [0.5, 0.6) is 0 Å². The zero-order valence-corrected chi connectivity index (χ0v) is 19.0. The molecule has 0 unspecified atom stereocenters. The summed E-state index contributed by atoms with van der Waals surface area (Å²) in [5.41, 5.74) is 3.63. The van der Waals surface area contributed by atoms with E-state index >= 15 is 0 Å². The molecule has 11 nitrogen and oxygen atoms in total. The Morgan fingerprint density at radius 3 is 2.60 bits per heavy atom. The first-order valence-corrected chi connectivity index (χ1v) is 10.2. The minimum atomic E-state index is -4.67. The highest BCUT2D eigenvalue weighted by Gasteiger charge is 2.37. The molecule has 0 radical (unpaired) electrons. The first kappa shape index (κ1) is 25.7. The molecular formula is C21H23F3N6O5. The van der Waals surface area contributed by atoms with E-state index in [0.717, 1.165) is 24.4 Å². The van der Waals surface area contributed by atoms with Crippen molar-refractivity contribution < 1.29 is 37.1 Å². The van der Waals surface area contributed by atoms with Crippen LogP contribution in [0.15, 0.2) is 30.5 Å². The third-order valence-corrected chi connectivity index (χ3v) is 4.87. The van der Waals surface area contributed by atoms with Crippen molar-refractivity contribution in [3.63, 3.8) is 0 Å². The van der Waals surface area contributed by atoms with Crippen LogP contribution in [0.3, 0.4) is 0 Å². The second kappa shape index (κ2) is 9.74. The normalized spacial score (nSPS) is 15.0. The summed E-state index contributed by atoms with van der Waals surface area (Å²) >= 11 is 0. The molecule has 1 saturated heterocycles. The molecule has 2 heterocycles. The number of aromatic nitrogens is 2. The Morgan fingerprint density at radius 2 is 2.03 bits per heavy atom. The summed E-state index contributed by atoms with van der Waals surface area (Å²) in [5, 5.41) is 3.29. The van der Waals surface area contributed by atoms with E-state index in [9.17, 15) is 27.6 Å². The highest BCUT2D eigenvalue weighted by atomic mass is 19.4. The molecule has 0 saturated carbocycles. The lowest BCUT2D eigenvalue weighted by atomic mass is 10.1. The van der Waals surface area contributed by atoms with E-state index in [-0.39, 0.29) is 42.6 Å². The molecule has 1 aliphatic rings. The lowest BCUT2D eigenvalue weighted by Crippen LogP contribution is -2.36. The number of nitrogens with zero attached hydrogens (tertiary/aromatic N) is 4. The average molecular weight is 496 g/mol. The second-order valence-corrected chi connectivity index (χ2v) is 8.23. The number of nitrogens with two attached hydrogens (primary N) is 1. The summed E-state index contributed by atoms with van der Waals surface area (Å²) in [7, 11) is 1.33. The molecule has 0 aliphatic carbocycles. The van der Waals surface area contributed by atoms with Crippen LogP contribution in [-0.2, 0) is 15.8 Å². The molecular weight excluding hydrogens is 473 g/mol. The molecule has 0 atom stereocenters. The second-order valence-electron chi connectivity index (χ2n) is 8.23. The fourth-order valence-electron chi connectivity index (χ4n) is 3.18. The van der Waals surface area contributed by atoms with E-state index in [1.807, 2.05) is 0 Å². The van der Waals surface area contributed by atoms with Gasteiger partial charge in [-0.15, -0.1) is 0 Å². The molecule has 1 aromatic heterocycles. The predicted molar refractivity (Wildman–Crippen MR) is 116 cm³/mol. The first-order chi connectivity index (χ1) is 16.3. The highest BCUT2D eigenvalue weighted by Crippen LogP contribution is 2.30. The molecule has 3 N–H and O–H groups in total. The topological polar surface area (TPSA) is 140 Å². The van der Waals surface area contributed by atoms with Gasteiger partial charge in [0.1, 0.15) is 11.4 Å². The Hall–Kier alpha value is -3.94. The molecule has 3 rings (SSSR count). The Balaban J connectivity index is 1.81. The van der Waals surface area contributed by atoms with E-state index in [1.165, 1.54) is 12.0 Å². The molecule has 0 bridgehead atoms. The fraction of sp³-hybridized carbons (Fsp3) is 0.381. The minimum Gasteiger partial charge on any atom is -0.383 e. The van der Waals surface area contributed by atoms with Crippen molar-refractivity contribution in [3.8, 4) is 0 Å². The third kappa shape index (κ3) is 5.95. The Morgan fingerprint density at radius 1 is 1.31 bits per heavy atom. The van der Waals surface area contributed by atoms with E-state index < -0.39 is 35.2 Å². The van der Waals surface area contributed by atoms with Crippen molar-refractivity contribution >= 4 is 29.7 Å². The lowest BCUT2D eigenvalue weighted by Gasteiger charge is -2.22. The highest BCUT2D eigenvalue weighted by molar-refractivity contribution is 5.98. The van der Waals surface area contributed by atoms with Crippen molar-refractivity contribution in [2.75, 3.05) is 37.4 Å². The summed E-state index contributed by atoms with van der Waals surface area (Å²) in [6.45, 7) is 3.50. The molecule has 2 aromatic rings. The van der Waals surface area contributed by atoms with Crippen LogP contribution in [-0.4, -0.2) is 65.3 Å². The fourth-order valence-corrected chi connectivity index (χ4v) is 3.18. The number of rotatable bonds is 6. The first-order valence-electron chi connectivity index (χ1n) is 10.2. The molecule has 3 amide bonds. The number of urea groups is 1. The maximum atomic E-state index is 13.0. The van der Waals surface area contributed by atoms with E-state index in [1.54, 1.807) is 13.8 Å². The molecule has 1 aliphatic heterocycles. The monoisotopic (exact) mass is 496 g/mol. The molecule has 1 aromatic carbocycles. The maximum absolute atomic E-state index is 13.0. The number of hydroxylamine groups is 2. The Labute approximate surface area is 198 Å². The van der Waals surface area contributed by atoms with Gasteiger partial charge in [-0.2, -0.15) is 23.2 Å². The zero-order chi connectivity index (χ0) is 26.0. The maximum Gasteiger partial charge on any atom is 0.416 e. The number of halogens is 3. The van der Waals surface area contributed by atoms with Gasteiger partial charge in [0.05, 0.1) is 30.8 Å². The molecule has 0 spiro atoms. The number of benzene rings is 1. The molecule has 14 heteroatoms. The van der Waals surface area contributed by atoms with Gasteiger partial charge in [0.2, 0.25) is 5.95 Å². The Bertz CT molecular complexity index is 1140. The SMILES string of the molecule is COCCN(OC(=O)c1cnc(N2CC(C)(C)NC2=O)nc1N)C(=O)c1cccc(C(F)(F)F)c1. The van der Waals surface area contributed by atoms with Crippen LogP contribution in [0.2, 0.25) is 0 Å². The van der Waals surface area contributed by atoms with Gasteiger partial charge in [-0.1, -0.05) is 6.07 Å². The Kier molecular flexibility index (Phi) is 7.14.